The molecule has 0 saturated heterocycles. The van der Waals surface area contributed by atoms with Crippen LogP contribution in [0, 0.1) is 12.7 Å². The Hall–Kier alpha value is -1.85. The van der Waals surface area contributed by atoms with E-state index in [1.165, 1.54) is 22.0 Å². The van der Waals surface area contributed by atoms with Crippen molar-refractivity contribution in [2.75, 3.05) is 0 Å². The summed E-state index contributed by atoms with van der Waals surface area (Å²) in [5.41, 5.74) is 1.09. The number of carbonyl (C=O) groups excluding carboxylic acids is 1. The quantitative estimate of drug-likeness (QED) is 0.732. The molecule has 1 aromatic carbocycles. The number of hydrogen-bond donors (Lipinski definition) is 1. The van der Waals surface area contributed by atoms with E-state index < -0.39 is 11.6 Å². The van der Waals surface area contributed by atoms with Crippen LogP contribution in [0.2, 0.25) is 4.34 Å². The Labute approximate surface area is 122 Å². The van der Waals surface area contributed by atoms with Gasteiger partial charge in [-0.25, -0.2) is 4.39 Å². The number of phenols is 1. The van der Waals surface area contributed by atoms with Gasteiger partial charge in [-0.3, -0.25) is 9.36 Å². The summed E-state index contributed by atoms with van der Waals surface area (Å²) in [6.45, 7) is 1.75. The van der Waals surface area contributed by atoms with Crippen LogP contribution in [0.3, 0.4) is 0 Å². The Morgan fingerprint density at radius 1 is 1.35 bits per heavy atom. The number of aromatic nitrogens is 1. The molecular weight excluding hydrogens is 301 g/mol. The molecular formula is C14H9ClFNO2S. The van der Waals surface area contributed by atoms with Crippen molar-refractivity contribution < 1.29 is 14.3 Å². The Kier molecular flexibility index (Phi) is 3.03. The van der Waals surface area contributed by atoms with Crippen LogP contribution in [0.25, 0.3) is 10.9 Å². The van der Waals surface area contributed by atoms with Crippen LogP contribution in [-0.2, 0) is 0 Å². The van der Waals surface area contributed by atoms with E-state index in [1.54, 1.807) is 25.1 Å². The molecule has 0 amide bonds. The van der Waals surface area contributed by atoms with Gasteiger partial charge in [-0.1, -0.05) is 11.6 Å². The number of fused-ring (bicyclic) bond motifs is 1. The molecule has 0 radical (unpaired) electrons. The van der Waals surface area contributed by atoms with Gasteiger partial charge in [-0.15, -0.1) is 11.3 Å². The molecule has 0 fully saturated rings. The van der Waals surface area contributed by atoms with Gasteiger partial charge < -0.3 is 5.11 Å². The fraction of sp³-hybridized carbons (Fsp3) is 0.0714. The molecule has 1 N–H and O–H groups in total. The van der Waals surface area contributed by atoms with E-state index in [0.29, 0.717) is 25.8 Å². The van der Waals surface area contributed by atoms with Crippen molar-refractivity contribution in [3.05, 3.63) is 51.1 Å². The van der Waals surface area contributed by atoms with Gasteiger partial charge in [0.2, 0.25) is 0 Å². The lowest BCUT2D eigenvalue weighted by Crippen LogP contribution is -2.11. The highest BCUT2D eigenvalue weighted by molar-refractivity contribution is 7.18. The number of phenolic OH excluding ortho intramolecular Hbond substituents is 1. The summed E-state index contributed by atoms with van der Waals surface area (Å²) in [6, 6.07) is 7.47. The summed E-state index contributed by atoms with van der Waals surface area (Å²) >= 11 is 7.00. The zero-order valence-corrected chi connectivity index (χ0v) is 11.9. The van der Waals surface area contributed by atoms with E-state index in [-0.39, 0.29) is 5.91 Å². The monoisotopic (exact) mass is 309 g/mol. The Balaban J connectivity index is 2.23. The van der Waals surface area contributed by atoms with Crippen LogP contribution < -0.4 is 0 Å². The number of thiophene rings is 1. The highest BCUT2D eigenvalue weighted by Crippen LogP contribution is 2.29. The minimum absolute atomic E-state index is 0.264. The summed E-state index contributed by atoms with van der Waals surface area (Å²) in [6.07, 6.45) is 0. The number of hydrogen-bond acceptors (Lipinski definition) is 3. The average molecular weight is 310 g/mol. The average Bonchev–Trinajstić information content (AvgIpc) is 2.93. The Bertz CT molecular complexity index is 837. The SMILES string of the molecule is Cc1cc2cc(O)c(F)cc2n1C(=O)c1ccc(Cl)s1. The van der Waals surface area contributed by atoms with Crippen molar-refractivity contribution in [1.82, 2.24) is 4.57 Å². The standard InChI is InChI=1S/C14H9ClFNO2S/c1-7-4-8-5-11(18)9(16)6-10(8)17(7)14(19)12-2-3-13(15)20-12/h2-6,18H,1H3. The second kappa shape index (κ2) is 4.61. The van der Waals surface area contributed by atoms with E-state index in [9.17, 15) is 14.3 Å². The molecule has 0 spiro atoms. The first-order chi connectivity index (χ1) is 9.47. The summed E-state index contributed by atoms with van der Waals surface area (Å²) in [4.78, 5) is 13.0. The first-order valence-corrected chi connectivity index (χ1v) is 6.97. The topological polar surface area (TPSA) is 42.2 Å². The minimum Gasteiger partial charge on any atom is -0.505 e. The van der Waals surface area contributed by atoms with Gasteiger partial charge in [0, 0.05) is 17.1 Å². The number of halogens is 2. The van der Waals surface area contributed by atoms with E-state index in [2.05, 4.69) is 0 Å². The van der Waals surface area contributed by atoms with Gasteiger partial charge >= 0.3 is 0 Å². The number of carbonyl (C=O) groups is 1. The molecule has 2 aromatic heterocycles. The first kappa shape index (κ1) is 13.1. The molecule has 20 heavy (non-hydrogen) atoms. The van der Waals surface area contributed by atoms with E-state index >= 15 is 0 Å². The smallest absolute Gasteiger partial charge is 0.272 e. The molecule has 2 heterocycles. The van der Waals surface area contributed by atoms with Gasteiger partial charge in [0.05, 0.1) is 14.7 Å². The van der Waals surface area contributed by atoms with Crippen molar-refractivity contribution >= 4 is 39.7 Å². The number of rotatable bonds is 1. The summed E-state index contributed by atoms with van der Waals surface area (Å²) < 4.78 is 15.5. The van der Waals surface area contributed by atoms with Crippen molar-refractivity contribution in [2.45, 2.75) is 6.92 Å². The predicted molar refractivity (Wildman–Crippen MR) is 77.4 cm³/mol. The maximum atomic E-state index is 13.5. The second-order valence-electron chi connectivity index (χ2n) is 4.39. The molecule has 0 unspecified atom stereocenters. The van der Waals surface area contributed by atoms with E-state index in [4.69, 9.17) is 11.6 Å². The number of aryl methyl sites for hydroxylation is 1. The molecule has 3 aromatic rings. The number of aromatic hydroxyl groups is 1. The second-order valence-corrected chi connectivity index (χ2v) is 6.11. The lowest BCUT2D eigenvalue weighted by atomic mass is 10.2. The zero-order chi connectivity index (χ0) is 14.4. The minimum atomic E-state index is -0.756. The van der Waals surface area contributed by atoms with Crippen LogP contribution in [0.1, 0.15) is 15.4 Å². The van der Waals surface area contributed by atoms with Gasteiger partial charge in [0.25, 0.3) is 5.91 Å². The van der Waals surface area contributed by atoms with Crippen LogP contribution in [0.15, 0.2) is 30.3 Å². The highest BCUT2D eigenvalue weighted by atomic mass is 35.5. The van der Waals surface area contributed by atoms with Crippen molar-refractivity contribution in [3.8, 4) is 5.75 Å². The normalized spacial score (nSPS) is 11.2. The summed E-state index contributed by atoms with van der Waals surface area (Å²) in [7, 11) is 0. The van der Waals surface area contributed by atoms with E-state index in [0.717, 1.165) is 6.07 Å². The number of benzene rings is 1. The number of nitrogens with zero attached hydrogens (tertiary/aromatic N) is 1. The van der Waals surface area contributed by atoms with Crippen LogP contribution in [-0.4, -0.2) is 15.6 Å². The van der Waals surface area contributed by atoms with Crippen LogP contribution >= 0.6 is 22.9 Å². The van der Waals surface area contributed by atoms with Crippen molar-refractivity contribution in [1.29, 1.82) is 0 Å². The Morgan fingerprint density at radius 2 is 2.10 bits per heavy atom. The van der Waals surface area contributed by atoms with E-state index in [1.807, 2.05) is 0 Å². The summed E-state index contributed by atoms with van der Waals surface area (Å²) in [5.74, 6) is -1.45. The zero-order valence-electron chi connectivity index (χ0n) is 10.4. The maximum Gasteiger partial charge on any atom is 0.272 e. The lowest BCUT2D eigenvalue weighted by molar-refractivity contribution is 0.0967. The molecule has 0 aliphatic rings. The maximum absolute atomic E-state index is 13.5. The molecule has 102 valence electrons. The molecule has 0 saturated carbocycles. The molecule has 3 rings (SSSR count). The third-order valence-corrected chi connectivity index (χ3v) is 4.26. The summed E-state index contributed by atoms with van der Waals surface area (Å²) in [5, 5.41) is 10.0. The molecule has 6 heteroatoms. The van der Waals surface area contributed by atoms with Gasteiger partial charge in [0.15, 0.2) is 11.6 Å². The van der Waals surface area contributed by atoms with Gasteiger partial charge in [-0.05, 0) is 31.2 Å². The predicted octanol–water partition coefficient (Wildman–Crippen LogP) is 4.20. The van der Waals surface area contributed by atoms with Gasteiger partial charge in [0.1, 0.15) is 0 Å². The first-order valence-electron chi connectivity index (χ1n) is 5.78. The molecule has 0 aliphatic carbocycles. The van der Waals surface area contributed by atoms with Crippen molar-refractivity contribution in [2.24, 2.45) is 0 Å². The van der Waals surface area contributed by atoms with Crippen LogP contribution in [0.5, 0.6) is 5.75 Å². The van der Waals surface area contributed by atoms with Crippen LogP contribution in [0.4, 0.5) is 4.39 Å². The molecule has 3 nitrogen and oxygen atoms in total. The Morgan fingerprint density at radius 3 is 2.75 bits per heavy atom. The van der Waals surface area contributed by atoms with Gasteiger partial charge in [-0.2, -0.15) is 0 Å². The molecule has 0 bridgehead atoms. The fourth-order valence-electron chi connectivity index (χ4n) is 2.17. The van der Waals surface area contributed by atoms with Crippen molar-refractivity contribution in [3.63, 3.8) is 0 Å². The molecule has 0 aliphatic heterocycles. The largest absolute Gasteiger partial charge is 0.505 e. The third-order valence-electron chi connectivity index (χ3n) is 3.04. The highest BCUT2D eigenvalue weighted by Gasteiger charge is 2.18. The lowest BCUT2D eigenvalue weighted by Gasteiger charge is -2.05. The third kappa shape index (κ3) is 1.99. The molecule has 0 atom stereocenters. The fourth-order valence-corrected chi connectivity index (χ4v) is 3.14.